The van der Waals surface area contributed by atoms with Gasteiger partial charge >= 0.3 is 17.9 Å². The summed E-state index contributed by atoms with van der Waals surface area (Å²) in [5.74, 6) is -3.43. The Kier molecular flexibility index (Phi) is 9.09. The van der Waals surface area contributed by atoms with Gasteiger partial charge in [-0.2, -0.15) is 0 Å². The molecule has 7 nitrogen and oxygen atoms in total. The smallest absolute Gasteiger partial charge is 0.351 e. The van der Waals surface area contributed by atoms with Gasteiger partial charge in [0.2, 0.25) is 0 Å². The van der Waals surface area contributed by atoms with E-state index in [4.69, 9.17) is 19.9 Å². The molecule has 2 rings (SSSR count). The first-order valence-corrected chi connectivity index (χ1v) is 11.0. The fraction of sp³-hybridized carbons (Fsp3) is 0.542. The van der Waals surface area contributed by atoms with Crippen molar-refractivity contribution in [1.29, 1.82) is 0 Å². The topological polar surface area (TPSA) is 105 Å². The Balaban J connectivity index is 1.84. The summed E-state index contributed by atoms with van der Waals surface area (Å²) >= 11 is 0. The third-order valence-corrected chi connectivity index (χ3v) is 5.02. The summed E-state index contributed by atoms with van der Waals surface area (Å²) in [6.45, 7) is 5.51. The average molecular weight is 432 g/mol. The first-order chi connectivity index (χ1) is 14.7. The average Bonchev–Trinajstić information content (AvgIpc) is 2.71. The molecule has 170 valence electrons. The molecule has 0 saturated carbocycles. The van der Waals surface area contributed by atoms with Crippen molar-refractivity contribution in [3.8, 4) is 0 Å². The summed E-state index contributed by atoms with van der Waals surface area (Å²) in [6, 6.07) is 6.19. The van der Waals surface area contributed by atoms with Crippen molar-refractivity contribution in [1.82, 2.24) is 0 Å². The van der Waals surface area contributed by atoms with E-state index in [-0.39, 0.29) is 11.3 Å². The van der Waals surface area contributed by atoms with Gasteiger partial charge in [-0.3, -0.25) is 0 Å². The Morgan fingerprint density at radius 2 is 1.35 bits per heavy atom. The van der Waals surface area contributed by atoms with Crippen molar-refractivity contribution >= 4 is 23.6 Å². The van der Waals surface area contributed by atoms with Gasteiger partial charge in [0.05, 0.1) is 17.9 Å². The molecule has 1 heterocycles. The van der Waals surface area contributed by atoms with Crippen LogP contribution in [0.25, 0.3) is 5.70 Å². The van der Waals surface area contributed by atoms with Gasteiger partial charge in [0.1, 0.15) is 0 Å². The first-order valence-electron chi connectivity index (χ1n) is 11.0. The zero-order valence-corrected chi connectivity index (χ0v) is 18.7. The molecule has 0 atom stereocenters. The van der Waals surface area contributed by atoms with E-state index in [0.29, 0.717) is 17.7 Å². The quantitative estimate of drug-likeness (QED) is 0.238. The summed E-state index contributed by atoms with van der Waals surface area (Å²) in [6.07, 6.45) is 9.39. The highest BCUT2D eigenvalue weighted by molar-refractivity contribution is 6.20. The summed E-state index contributed by atoms with van der Waals surface area (Å²) in [5.41, 5.74) is 6.35. The van der Waals surface area contributed by atoms with Crippen LogP contribution in [0.3, 0.4) is 0 Å². The highest BCUT2D eigenvalue weighted by Gasteiger charge is 2.40. The number of hydrogen-bond acceptors (Lipinski definition) is 7. The number of nitrogens with two attached hydrogens (primary N) is 1. The van der Waals surface area contributed by atoms with Crippen molar-refractivity contribution in [2.75, 3.05) is 6.61 Å². The van der Waals surface area contributed by atoms with Crippen LogP contribution in [0, 0.1) is 0 Å². The third kappa shape index (κ3) is 7.42. The predicted octanol–water partition coefficient (Wildman–Crippen LogP) is 4.49. The summed E-state index contributed by atoms with van der Waals surface area (Å²) in [7, 11) is 0. The lowest BCUT2D eigenvalue weighted by Crippen LogP contribution is -2.42. The van der Waals surface area contributed by atoms with Crippen LogP contribution in [0.15, 0.2) is 29.8 Å². The molecule has 0 radical (unpaired) electrons. The molecule has 31 heavy (non-hydrogen) atoms. The van der Waals surface area contributed by atoms with E-state index < -0.39 is 23.7 Å². The fourth-order valence-electron chi connectivity index (χ4n) is 3.29. The lowest BCUT2D eigenvalue weighted by atomic mass is 10.0. The lowest BCUT2D eigenvalue weighted by Gasteiger charge is -2.30. The standard InChI is InChI=1S/C24H33NO6/c1-4-5-6-7-8-9-10-11-16-29-21(26)18-14-12-17(13-15-18)20(25)19-22(27)30-24(2,3)31-23(19)28/h12-15H,4-11,16,25H2,1-3H3. The zero-order chi connectivity index (χ0) is 22.9. The Bertz CT molecular complexity index is 788. The highest BCUT2D eigenvalue weighted by atomic mass is 16.7. The van der Waals surface area contributed by atoms with Gasteiger partial charge in [-0.15, -0.1) is 0 Å². The predicted molar refractivity (Wildman–Crippen MR) is 117 cm³/mol. The molecule has 1 fully saturated rings. The molecule has 1 aliphatic rings. The summed E-state index contributed by atoms with van der Waals surface area (Å²) < 4.78 is 15.4. The molecular formula is C24H33NO6. The van der Waals surface area contributed by atoms with Crippen LogP contribution in [0.5, 0.6) is 0 Å². The summed E-state index contributed by atoms with van der Waals surface area (Å²) in [5, 5.41) is 0. The van der Waals surface area contributed by atoms with Crippen LogP contribution in [0.4, 0.5) is 0 Å². The van der Waals surface area contributed by atoms with E-state index in [9.17, 15) is 14.4 Å². The molecule has 0 spiro atoms. The fourth-order valence-corrected chi connectivity index (χ4v) is 3.29. The largest absolute Gasteiger partial charge is 0.462 e. The Labute approximate surface area is 183 Å². The van der Waals surface area contributed by atoms with Gasteiger partial charge in [0.15, 0.2) is 5.57 Å². The van der Waals surface area contributed by atoms with E-state index in [1.165, 1.54) is 46.0 Å². The molecule has 1 aromatic rings. The zero-order valence-electron chi connectivity index (χ0n) is 18.7. The minimum atomic E-state index is -1.33. The van der Waals surface area contributed by atoms with Gasteiger partial charge in [-0.1, -0.05) is 64.0 Å². The highest BCUT2D eigenvalue weighted by Crippen LogP contribution is 2.26. The van der Waals surface area contributed by atoms with E-state index in [2.05, 4.69) is 6.92 Å². The molecule has 0 amide bonds. The maximum Gasteiger partial charge on any atom is 0.351 e. The van der Waals surface area contributed by atoms with Crippen molar-refractivity contribution < 1.29 is 28.6 Å². The molecule has 1 saturated heterocycles. The van der Waals surface area contributed by atoms with Crippen molar-refractivity contribution in [3.63, 3.8) is 0 Å². The summed E-state index contributed by atoms with van der Waals surface area (Å²) in [4.78, 5) is 36.5. The Morgan fingerprint density at radius 1 is 0.871 bits per heavy atom. The van der Waals surface area contributed by atoms with Crippen LogP contribution >= 0.6 is 0 Å². The van der Waals surface area contributed by atoms with E-state index in [0.717, 1.165) is 19.3 Å². The third-order valence-electron chi connectivity index (χ3n) is 5.02. The second kappa shape index (κ2) is 11.5. The van der Waals surface area contributed by atoms with Gasteiger partial charge in [-0.25, -0.2) is 14.4 Å². The lowest BCUT2D eigenvalue weighted by molar-refractivity contribution is -0.222. The minimum Gasteiger partial charge on any atom is -0.462 e. The molecule has 7 heteroatoms. The number of hydrogen-bond donors (Lipinski definition) is 1. The van der Waals surface area contributed by atoms with Gasteiger partial charge in [0, 0.05) is 13.8 Å². The van der Waals surface area contributed by atoms with Crippen molar-refractivity contribution in [3.05, 3.63) is 41.0 Å². The normalized spacial score (nSPS) is 15.3. The first kappa shape index (κ1) is 24.4. The number of esters is 3. The van der Waals surface area contributed by atoms with Crippen molar-refractivity contribution in [2.45, 2.75) is 77.9 Å². The molecule has 2 N–H and O–H groups in total. The number of ether oxygens (including phenoxy) is 3. The number of carbonyl (C=O) groups is 3. The number of unbranched alkanes of at least 4 members (excludes halogenated alkanes) is 7. The molecule has 0 bridgehead atoms. The van der Waals surface area contributed by atoms with Crippen molar-refractivity contribution in [2.24, 2.45) is 5.73 Å². The molecular weight excluding hydrogens is 398 g/mol. The van der Waals surface area contributed by atoms with Crippen LogP contribution in [-0.4, -0.2) is 30.3 Å². The van der Waals surface area contributed by atoms with Gasteiger partial charge in [-0.05, 0) is 24.1 Å². The van der Waals surface area contributed by atoms with Gasteiger partial charge < -0.3 is 19.9 Å². The Hall–Kier alpha value is -2.83. The number of benzene rings is 1. The molecule has 1 aromatic carbocycles. The monoisotopic (exact) mass is 431 g/mol. The number of cyclic esters (lactones) is 2. The van der Waals surface area contributed by atoms with E-state index in [1.54, 1.807) is 24.3 Å². The Morgan fingerprint density at radius 3 is 1.90 bits per heavy atom. The molecule has 0 aromatic heterocycles. The second-order valence-electron chi connectivity index (χ2n) is 8.16. The maximum absolute atomic E-state index is 12.2. The number of carbonyl (C=O) groups excluding carboxylic acids is 3. The van der Waals surface area contributed by atoms with Crippen LogP contribution in [0.2, 0.25) is 0 Å². The number of rotatable bonds is 11. The van der Waals surface area contributed by atoms with Crippen LogP contribution in [-0.2, 0) is 23.8 Å². The van der Waals surface area contributed by atoms with E-state index >= 15 is 0 Å². The van der Waals surface area contributed by atoms with Crippen LogP contribution < -0.4 is 5.73 Å². The second-order valence-corrected chi connectivity index (χ2v) is 8.16. The molecule has 1 aliphatic heterocycles. The maximum atomic E-state index is 12.2. The minimum absolute atomic E-state index is 0.0654. The SMILES string of the molecule is CCCCCCCCCCOC(=O)c1ccc(C(N)=C2C(=O)OC(C)(C)OC2=O)cc1. The van der Waals surface area contributed by atoms with E-state index in [1.807, 2.05) is 0 Å². The molecule has 0 aliphatic carbocycles. The van der Waals surface area contributed by atoms with Gasteiger partial charge in [0.25, 0.3) is 5.79 Å². The van der Waals surface area contributed by atoms with Crippen LogP contribution in [0.1, 0.15) is 88.1 Å². The molecule has 0 unspecified atom stereocenters.